The Kier molecular flexibility index (Phi) is 5.30. The van der Waals surface area contributed by atoms with Crippen LogP contribution in [0.15, 0.2) is 52.3 Å². The van der Waals surface area contributed by atoms with Crippen LogP contribution in [-0.2, 0) is 14.8 Å². The number of nitrogens with zero attached hydrogens (tertiary/aromatic N) is 1. The zero-order valence-corrected chi connectivity index (χ0v) is 16.9. The van der Waals surface area contributed by atoms with Gasteiger partial charge in [0, 0.05) is 34.9 Å². The third-order valence-corrected chi connectivity index (χ3v) is 6.73. The van der Waals surface area contributed by atoms with Gasteiger partial charge in [0.2, 0.25) is 5.91 Å². The highest BCUT2D eigenvalue weighted by atomic mass is 32.2. The standard InChI is InChI=1S/C19H20N2O4S2/c1-12-11-21(14(3)23)18-10-17(7-8-19(18)26-12)27(24,25)20-16-6-4-5-15(9-16)13(2)22/h4-10,12,20H,11H2,1-3H3. The molecule has 3 rings (SSSR count). The highest BCUT2D eigenvalue weighted by Gasteiger charge is 2.27. The molecule has 6 nitrogen and oxygen atoms in total. The van der Waals surface area contributed by atoms with Crippen LogP contribution < -0.4 is 9.62 Å². The topological polar surface area (TPSA) is 83.6 Å². The van der Waals surface area contributed by atoms with Crippen LogP contribution in [0.4, 0.5) is 11.4 Å². The van der Waals surface area contributed by atoms with Gasteiger partial charge in [-0.15, -0.1) is 11.8 Å². The summed E-state index contributed by atoms with van der Waals surface area (Å²) in [5.41, 5.74) is 1.34. The number of nitrogens with one attached hydrogen (secondary N) is 1. The van der Waals surface area contributed by atoms with Gasteiger partial charge in [0.25, 0.3) is 10.0 Å². The van der Waals surface area contributed by atoms with Crippen LogP contribution in [0.3, 0.4) is 0 Å². The Hall–Kier alpha value is -2.32. The number of hydrogen-bond acceptors (Lipinski definition) is 5. The number of thioether (sulfide) groups is 1. The Balaban J connectivity index is 1.96. The highest BCUT2D eigenvalue weighted by molar-refractivity contribution is 8.00. The largest absolute Gasteiger partial charge is 0.310 e. The predicted molar refractivity (Wildman–Crippen MR) is 107 cm³/mol. The van der Waals surface area contributed by atoms with Gasteiger partial charge >= 0.3 is 0 Å². The van der Waals surface area contributed by atoms with E-state index in [0.29, 0.717) is 23.5 Å². The van der Waals surface area contributed by atoms with Crippen LogP contribution in [0.5, 0.6) is 0 Å². The fraction of sp³-hybridized carbons (Fsp3) is 0.263. The molecule has 1 heterocycles. The van der Waals surface area contributed by atoms with Crippen molar-refractivity contribution >= 4 is 44.9 Å². The van der Waals surface area contributed by atoms with Crippen molar-refractivity contribution in [3.8, 4) is 0 Å². The second-order valence-electron chi connectivity index (χ2n) is 6.43. The first kappa shape index (κ1) is 19.4. The van der Waals surface area contributed by atoms with Gasteiger partial charge in [-0.05, 0) is 37.3 Å². The molecule has 2 aromatic rings. The van der Waals surface area contributed by atoms with Crippen molar-refractivity contribution in [2.24, 2.45) is 0 Å². The lowest BCUT2D eigenvalue weighted by atomic mass is 10.1. The van der Waals surface area contributed by atoms with Crippen molar-refractivity contribution < 1.29 is 18.0 Å². The van der Waals surface area contributed by atoms with E-state index in [1.54, 1.807) is 40.9 Å². The molecule has 8 heteroatoms. The molecule has 0 spiro atoms. The Morgan fingerprint density at radius 3 is 2.56 bits per heavy atom. The lowest BCUT2D eigenvalue weighted by Crippen LogP contribution is -2.37. The van der Waals surface area contributed by atoms with Gasteiger partial charge in [-0.1, -0.05) is 19.1 Å². The van der Waals surface area contributed by atoms with E-state index < -0.39 is 10.0 Å². The number of Topliss-reactive ketones (excluding diaryl/α,β-unsaturated/α-hetero) is 1. The van der Waals surface area contributed by atoms with Gasteiger partial charge in [0.05, 0.1) is 10.6 Å². The second kappa shape index (κ2) is 7.36. The first-order chi connectivity index (χ1) is 12.7. The summed E-state index contributed by atoms with van der Waals surface area (Å²) >= 11 is 1.61. The highest BCUT2D eigenvalue weighted by Crippen LogP contribution is 2.39. The predicted octanol–water partition coefficient (Wildman–Crippen LogP) is 3.54. The molecule has 0 bridgehead atoms. The summed E-state index contributed by atoms with van der Waals surface area (Å²) in [4.78, 5) is 26.0. The van der Waals surface area contributed by atoms with Crippen LogP contribution in [-0.4, -0.2) is 31.9 Å². The van der Waals surface area contributed by atoms with Crippen LogP contribution >= 0.6 is 11.8 Å². The molecule has 1 unspecified atom stereocenters. The number of hydrogen-bond donors (Lipinski definition) is 1. The molecule has 1 aliphatic rings. The molecule has 1 atom stereocenters. The number of carbonyl (C=O) groups excluding carboxylic acids is 2. The third-order valence-electron chi connectivity index (χ3n) is 4.20. The Labute approximate surface area is 163 Å². The normalized spacial score (nSPS) is 16.6. The van der Waals surface area contributed by atoms with E-state index in [-0.39, 0.29) is 21.8 Å². The van der Waals surface area contributed by atoms with Crippen LogP contribution in [0.2, 0.25) is 0 Å². The van der Waals surface area contributed by atoms with Gasteiger partial charge in [-0.2, -0.15) is 0 Å². The zero-order chi connectivity index (χ0) is 19.8. The number of ketones is 1. The van der Waals surface area contributed by atoms with Crippen LogP contribution in [0.25, 0.3) is 0 Å². The zero-order valence-electron chi connectivity index (χ0n) is 15.2. The molecule has 0 aromatic heterocycles. The molecule has 0 fully saturated rings. The quantitative estimate of drug-likeness (QED) is 0.788. The summed E-state index contributed by atoms with van der Waals surface area (Å²) < 4.78 is 28.1. The van der Waals surface area contributed by atoms with E-state index in [0.717, 1.165) is 4.90 Å². The first-order valence-electron chi connectivity index (χ1n) is 8.40. The molecule has 2 aromatic carbocycles. The van der Waals surface area contributed by atoms with Gasteiger partial charge in [0.1, 0.15) is 0 Å². The Bertz CT molecular complexity index is 1020. The van der Waals surface area contributed by atoms with Crippen molar-refractivity contribution in [1.29, 1.82) is 0 Å². The lowest BCUT2D eigenvalue weighted by Gasteiger charge is -2.32. The number of sulfonamides is 1. The van der Waals surface area contributed by atoms with Crippen molar-refractivity contribution in [2.45, 2.75) is 35.8 Å². The van der Waals surface area contributed by atoms with Gasteiger partial charge in [-0.25, -0.2) is 8.42 Å². The fourth-order valence-electron chi connectivity index (χ4n) is 2.90. The van der Waals surface area contributed by atoms with Crippen molar-refractivity contribution in [3.05, 3.63) is 48.0 Å². The molecule has 0 radical (unpaired) electrons. The molecular weight excluding hydrogens is 384 g/mol. The van der Waals surface area contributed by atoms with E-state index in [4.69, 9.17) is 0 Å². The minimum atomic E-state index is -3.86. The summed E-state index contributed by atoms with van der Waals surface area (Å²) in [5, 5.41) is 0.233. The summed E-state index contributed by atoms with van der Waals surface area (Å²) in [6, 6.07) is 11.1. The Morgan fingerprint density at radius 2 is 1.89 bits per heavy atom. The molecular formula is C19H20N2O4S2. The lowest BCUT2D eigenvalue weighted by molar-refractivity contribution is -0.116. The summed E-state index contributed by atoms with van der Waals surface area (Å²) in [6.07, 6.45) is 0. The summed E-state index contributed by atoms with van der Waals surface area (Å²) in [5.74, 6) is -0.270. The molecule has 27 heavy (non-hydrogen) atoms. The number of fused-ring (bicyclic) bond motifs is 1. The third kappa shape index (κ3) is 4.17. The minimum Gasteiger partial charge on any atom is -0.310 e. The smallest absolute Gasteiger partial charge is 0.261 e. The number of rotatable bonds is 4. The van der Waals surface area contributed by atoms with Crippen molar-refractivity contribution in [1.82, 2.24) is 0 Å². The second-order valence-corrected chi connectivity index (χ2v) is 9.59. The van der Waals surface area contributed by atoms with Crippen LogP contribution in [0, 0.1) is 0 Å². The number of carbonyl (C=O) groups is 2. The maximum Gasteiger partial charge on any atom is 0.261 e. The van der Waals surface area contributed by atoms with E-state index >= 15 is 0 Å². The molecule has 142 valence electrons. The Morgan fingerprint density at radius 1 is 1.15 bits per heavy atom. The maximum absolute atomic E-state index is 12.8. The molecule has 0 saturated carbocycles. The van der Waals surface area contributed by atoms with E-state index in [1.165, 1.54) is 32.0 Å². The molecule has 1 aliphatic heterocycles. The summed E-state index contributed by atoms with van der Waals surface area (Å²) in [7, 11) is -3.86. The average molecular weight is 405 g/mol. The number of amides is 1. The molecule has 0 aliphatic carbocycles. The minimum absolute atomic E-state index is 0.0656. The monoisotopic (exact) mass is 404 g/mol. The average Bonchev–Trinajstić information content (AvgIpc) is 2.60. The molecule has 1 N–H and O–H groups in total. The number of anilines is 2. The van der Waals surface area contributed by atoms with E-state index in [1.807, 2.05) is 6.92 Å². The fourth-order valence-corrected chi connectivity index (χ4v) is 5.06. The molecule has 1 amide bonds. The summed E-state index contributed by atoms with van der Waals surface area (Å²) in [6.45, 7) is 5.45. The van der Waals surface area contributed by atoms with Crippen molar-refractivity contribution in [3.63, 3.8) is 0 Å². The molecule has 0 saturated heterocycles. The van der Waals surface area contributed by atoms with Crippen LogP contribution in [0.1, 0.15) is 31.1 Å². The van der Waals surface area contributed by atoms with Gasteiger partial charge in [0.15, 0.2) is 5.78 Å². The van der Waals surface area contributed by atoms with Gasteiger partial charge < -0.3 is 4.90 Å². The first-order valence-corrected chi connectivity index (χ1v) is 10.8. The number of benzene rings is 2. The maximum atomic E-state index is 12.8. The SMILES string of the molecule is CC(=O)c1cccc(NS(=O)(=O)c2ccc3c(c2)N(C(C)=O)CC(C)S3)c1. The van der Waals surface area contributed by atoms with E-state index in [2.05, 4.69) is 4.72 Å². The van der Waals surface area contributed by atoms with Crippen molar-refractivity contribution in [2.75, 3.05) is 16.2 Å². The van der Waals surface area contributed by atoms with Gasteiger partial charge in [-0.3, -0.25) is 14.3 Å². The van der Waals surface area contributed by atoms with E-state index in [9.17, 15) is 18.0 Å².